The van der Waals surface area contributed by atoms with Gasteiger partial charge >= 0.3 is 6.09 Å². The van der Waals surface area contributed by atoms with Gasteiger partial charge in [0.15, 0.2) is 0 Å². The average molecular weight is 418 g/mol. The van der Waals surface area contributed by atoms with Crippen LogP contribution in [0.15, 0.2) is 48.8 Å². The van der Waals surface area contributed by atoms with Crippen LogP contribution < -0.4 is 4.74 Å². The topological polar surface area (TPSA) is 91.4 Å². The van der Waals surface area contributed by atoms with Gasteiger partial charge in [0.2, 0.25) is 0 Å². The monoisotopic (exact) mass is 418 g/mol. The maximum absolute atomic E-state index is 11.6. The Kier molecular flexibility index (Phi) is 5.32. The van der Waals surface area contributed by atoms with Gasteiger partial charge in [-0.3, -0.25) is 0 Å². The number of carboxylic acid groups (broad SMARTS) is 1. The minimum absolute atomic E-state index is 0.0516. The van der Waals surface area contributed by atoms with Gasteiger partial charge in [-0.2, -0.15) is 5.26 Å². The molecule has 0 saturated carbocycles. The number of amides is 1. The number of hydrogen-bond acceptors (Lipinski definition) is 4. The minimum Gasteiger partial charge on any atom is -0.489 e. The number of benzene rings is 1. The Labute approximate surface area is 181 Å². The fourth-order valence-electron chi connectivity index (χ4n) is 4.28. The maximum atomic E-state index is 11.6. The quantitative estimate of drug-likeness (QED) is 0.658. The first-order chi connectivity index (χ1) is 14.8. The van der Waals surface area contributed by atoms with Crippen molar-refractivity contribution in [1.82, 2.24) is 14.5 Å². The molecule has 1 N–H and O–H groups in total. The van der Waals surface area contributed by atoms with E-state index >= 15 is 0 Å². The number of fused-ring (bicyclic) bond motifs is 1. The van der Waals surface area contributed by atoms with Crippen molar-refractivity contribution in [3.63, 3.8) is 0 Å². The Morgan fingerprint density at radius 3 is 2.71 bits per heavy atom. The molecule has 1 aromatic carbocycles. The van der Waals surface area contributed by atoms with Crippen molar-refractivity contribution < 1.29 is 14.6 Å². The van der Waals surface area contributed by atoms with Crippen LogP contribution in [0.2, 0.25) is 0 Å². The summed E-state index contributed by atoms with van der Waals surface area (Å²) in [7, 11) is 0. The molecular formula is C24H26N4O3. The molecule has 2 unspecified atom stereocenters. The summed E-state index contributed by atoms with van der Waals surface area (Å²) in [5.41, 5.74) is 1.45. The number of nitrogens with zero attached hydrogens (tertiary/aromatic N) is 4. The van der Waals surface area contributed by atoms with Gasteiger partial charge < -0.3 is 19.3 Å². The lowest BCUT2D eigenvalue weighted by molar-refractivity contribution is 0.0129. The van der Waals surface area contributed by atoms with Crippen LogP contribution in [0, 0.1) is 16.7 Å². The lowest BCUT2D eigenvalue weighted by Gasteiger charge is -2.44. The molecule has 1 saturated heterocycles. The van der Waals surface area contributed by atoms with E-state index in [9.17, 15) is 9.90 Å². The molecule has 1 fully saturated rings. The van der Waals surface area contributed by atoms with E-state index in [2.05, 4.69) is 31.8 Å². The van der Waals surface area contributed by atoms with Crippen LogP contribution in [-0.4, -0.2) is 44.3 Å². The van der Waals surface area contributed by atoms with Gasteiger partial charge in [-0.1, -0.05) is 20.8 Å². The summed E-state index contributed by atoms with van der Waals surface area (Å²) in [6.07, 6.45) is 4.03. The van der Waals surface area contributed by atoms with Gasteiger partial charge in [0.25, 0.3) is 0 Å². The third-order valence-corrected chi connectivity index (χ3v) is 5.89. The number of aromatic nitrogens is 2. The van der Waals surface area contributed by atoms with Gasteiger partial charge in [0, 0.05) is 37.0 Å². The molecule has 160 valence electrons. The standard InChI is InChI=1S/C24H26N4O3/c1-24(2,3)21-13-18(9-11-28(21)23(29)30)31-19-5-7-22(26-15-19)27-10-8-17-12-16(14-25)4-6-20(17)27/h4-8,10,12,15,18,21H,9,11,13H2,1-3H3,(H,29,30). The SMILES string of the molecule is CC(C)(C)C1CC(Oc2ccc(-n3ccc4cc(C#N)ccc43)nc2)CCN1C(=O)O. The highest BCUT2D eigenvalue weighted by Gasteiger charge is 2.39. The number of likely N-dealkylation sites (tertiary alicyclic amines) is 1. The molecule has 0 spiro atoms. The first-order valence-corrected chi connectivity index (χ1v) is 10.4. The predicted molar refractivity (Wildman–Crippen MR) is 117 cm³/mol. The molecule has 1 amide bonds. The smallest absolute Gasteiger partial charge is 0.407 e. The molecule has 0 radical (unpaired) electrons. The Morgan fingerprint density at radius 1 is 1.26 bits per heavy atom. The summed E-state index contributed by atoms with van der Waals surface area (Å²) < 4.78 is 8.14. The highest BCUT2D eigenvalue weighted by molar-refractivity contribution is 5.83. The first kappa shape index (κ1) is 20.7. The molecule has 4 rings (SSSR count). The van der Waals surface area contributed by atoms with E-state index in [1.807, 2.05) is 41.1 Å². The molecule has 2 atom stereocenters. The summed E-state index contributed by atoms with van der Waals surface area (Å²) in [5, 5.41) is 19.6. The Balaban J connectivity index is 1.49. The second kappa shape index (κ2) is 7.95. The highest BCUT2D eigenvalue weighted by Crippen LogP contribution is 2.33. The lowest BCUT2D eigenvalue weighted by atomic mass is 9.80. The zero-order valence-corrected chi connectivity index (χ0v) is 17.9. The van der Waals surface area contributed by atoms with Crippen molar-refractivity contribution in [2.24, 2.45) is 5.41 Å². The summed E-state index contributed by atoms with van der Waals surface area (Å²) in [5.74, 6) is 1.44. The largest absolute Gasteiger partial charge is 0.489 e. The number of rotatable bonds is 3. The zero-order valence-electron chi connectivity index (χ0n) is 17.9. The third-order valence-electron chi connectivity index (χ3n) is 5.89. The van der Waals surface area contributed by atoms with E-state index in [4.69, 9.17) is 10.00 Å². The first-order valence-electron chi connectivity index (χ1n) is 10.4. The zero-order chi connectivity index (χ0) is 22.2. The molecule has 7 nitrogen and oxygen atoms in total. The van der Waals surface area contributed by atoms with Crippen LogP contribution in [0.5, 0.6) is 5.75 Å². The minimum atomic E-state index is -0.870. The lowest BCUT2D eigenvalue weighted by Crippen LogP contribution is -2.53. The number of ether oxygens (including phenoxy) is 1. The fraction of sp³-hybridized carbons (Fsp3) is 0.375. The van der Waals surface area contributed by atoms with Crippen molar-refractivity contribution in [2.45, 2.75) is 45.8 Å². The van der Waals surface area contributed by atoms with E-state index in [-0.39, 0.29) is 17.6 Å². The van der Waals surface area contributed by atoms with Crippen molar-refractivity contribution in [1.29, 1.82) is 5.26 Å². The average Bonchev–Trinajstić information content (AvgIpc) is 3.16. The van der Waals surface area contributed by atoms with Gasteiger partial charge in [0.1, 0.15) is 17.7 Å². The van der Waals surface area contributed by atoms with Gasteiger partial charge in [0.05, 0.1) is 23.3 Å². The van der Waals surface area contributed by atoms with E-state index in [0.29, 0.717) is 30.7 Å². The Morgan fingerprint density at radius 2 is 2.06 bits per heavy atom. The summed E-state index contributed by atoms with van der Waals surface area (Å²) in [6.45, 7) is 6.65. The maximum Gasteiger partial charge on any atom is 0.407 e. The van der Waals surface area contributed by atoms with E-state index in [1.165, 1.54) is 4.90 Å². The number of pyridine rings is 1. The second-order valence-corrected chi connectivity index (χ2v) is 9.05. The van der Waals surface area contributed by atoms with Gasteiger partial charge in [-0.15, -0.1) is 0 Å². The van der Waals surface area contributed by atoms with Crippen LogP contribution in [-0.2, 0) is 0 Å². The summed E-state index contributed by atoms with van der Waals surface area (Å²) in [6, 6.07) is 13.4. The molecule has 31 heavy (non-hydrogen) atoms. The van der Waals surface area contributed by atoms with Crippen LogP contribution in [0.25, 0.3) is 16.7 Å². The van der Waals surface area contributed by atoms with E-state index in [0.717, 1.165) is 16.7 Å². The van der Waals surface area contributed by atoms with Gasteiger partial charge in [-0.05, 0) is 41.8 Å². The fourth-order valence-corrected chi connectivity index (χ4v) is 4.28. The van der Waals surface area contributed by atoms with Crippen LogP contribution in [0.4, 0.5) is 4.79 Å². The molecule has 0 aliphatic carbocycles. The number of piperidine rings is 1. The molecule has 2 aromatic heterocycles. The van der Waals surface area contributed by atoms with Crippen LogP contribution >= 0.6 is 0 Å². The van der Waals surface area contributed by atoms with Crippen LogP contribution in [0.3, 0.4) is 0 Å². The van der Waals surface area contributed by atoms with Crippen molar-refractivity contribution in [3.05, 3.63) is 54.4 Å². The number of carbonyl (C=O) groups is 1. The number of nitriles is 1. The third kappa shape index (κ3) is 4.19. The molecule has 3 aromatic rings. The Bertz CT molecular complexity index is 1140. The Hall–Kier alpha value is -3.53. The van der Waals surface area contributed by atoms with Crippen molar-refractivity contribution in [3.8, 4) is 17.6 Å². The molecule has 0 bridgehead atoms. The molecular weight excluding hydrogens is 392 g/mol. The molecule has 7 heteroatoms. The molecule has 1 aliphatic rings. The highest BCUT2D eigenvalue weighted by atomic mass is 16.5. The van der Waals surface area contributed by atoms with E-state index in [1.54, 1.807) is 12.3 Å². The normalized spacial score (nSPS) is 19.2. The molecule has 1 aliphatic heterocycles. The predicted octanol–water partition coefficient (Wildman–Crippen LogP) is 4.83. The summed E-state index contributed by atoms with van der Waals surface area (Å²) in [4.78, 5) is 17.7. The number of hydrogen-bond donors (Lipinski definition) is 1. The second-order valence-electron chi connectivity index (χ2n) is 9.05. The molecule has 3 heterocycles. The van der Waals surface area contributed by atoms with Crippen molar-refractivity contribution >= 4 is 17.0 Å². The van der Waals surface area contributed by atoms with E-state index < -0.39 is 6.09 Å². The van der Waals surface area contributed by atoms with Crippen molar-refractivity contribution in [2.75, 3.05) is 6.54 Å². The summed E-state index contributed by atoms with van der Waals surface area (Å²) >= 11 is 0. The van der Waals surface area contributed by atoms with Crippen LogP contribution in [0.1, 0.15) is 39.2 Å². The van der Waals surface area contributed by atoms with Gasteiger partial charge in [-0.25, -0.2) is 9.78 Å².